The van der Waals surface area contributed by atoms with Crippen molar-refractivity contribution in [1.29, 1.82) is 5.26 Å². The van der Waals surface area contributed by atoms with Gasteiger partial charge in [0.25, 0.3) is 0 Å². The van der Waals surface area contributed by atoms with Gasteiger partial charge in [0.15, 0.2) is 0 Å². The Kier molecular flexibility index (Phi) is 4.85. The number of halogens is 3. The number of benzene rings is 2. The molecule has 2 N–H and O–H groups in total. The van der Waals surface area contributed by atoms with Crippen LogP contribution in [0.1, 0.15) is 36.3 Å². The Balaban J connectivity index is 1.21. The average Bonchev–Trinajstić information content (AvgIpc) is 3.44. The predicted octanol–water partition coefficient (Wildman–Crippen LogP) is 5.61. The van der Waals surface area contributed by atoms with E-state index in [2.05, 4.69) is 16.4 Å². The summed E-state index contributed by atoms with van der Waals surface area (Å²) in [5.74, 6) is 0.253. The molecule has 2 aliphatic rings. The normalized spacial score (nSPS) is 24.4. The lowest BCUT2D eigenvalue weighted by Crippen LogP contribution is -2.32. The van der Waals surface area contributed by atoms with E-state index in [1.165, 1.54) is 0 Å². The molecule has 0 radical (unpaired) electrons. The monoisotopic (exact) mass is 439 g/mol. The minimum Gasteiger partial charge on any atom is -0.490 e. The zero-order valence-corrected chi connectivity index (χ0v) is 16.9. The van der Waals surface area contributed by atoms with Crippen molar-refractivity contribution in [2.45, 2.75) is 37.5 Å². The number of nitrogens with zero attached hydrogens (tertiary/aromatic N) is 1. The van der Waals surface area contributed by atoms with Crippen LogP contribution in [0.5, 0.6) is 5.75 Å². The molecule has 5 nitrogen and oxygen atoms in total. The molecule has 2 atom stereocenters. The van der Waals surface area contributed by atoms with Crippen LogP contribution in [0.3, 0.4) is 0 Å². The van der Waals surface area contributed by atoms with Gasteiger partial charge in [-0.2, -0.15) is 18.4 Å². The molecule has 2 saturated carbocycles. The summed E-state index contributed by atoms with van der Waals surface area (Å²) in [6, 6.07) is 13.0. The molecule has 164 valence electrons. The minimum absolute atomic E-state index is 0.0143. The van der Waals surface area contributed by atoms with Crippen LogP contribution >= 0.6 is 0 Å². The Labute approximate surface area is 182 Å². The van der Waals surface area contributed by atoms with Gasteiger partial charge in [-0.1, -0.05) is 12.1 Å². The molecule has 2 aliphatic carbocycles. The quantitative estimate of drug-likeness (QED) is 0.542. The van der Waals surface area contributed by atoms with E-state index in [1.54, 1.807) is 18.3 Å². The fourth-order valence-corrected chi connectivity index (χ4v) is 4.20. The second kappa shape index (κ2) is 7.59. The van der Waals surface area contributed by atoms with Crippen LogP contribution in [0.2, 0.25) is 0 Å². The summed E-state index contributed by atoms with van der Waals surface area (Å²) in [5.41, 5.74) is 1.76. The first-order chi connectivity index (χ1) is 15.3. The van der Waals surface area contributed by atoms with E-state index in [9.17, 15) is 18.0 Å². The Morgan fingerprint density at radius 3 is 2.53 bits per heavy atom. The summed E-state index contributed by atoms with van der Waals surface area (Å²) >= 11 is 0. The van der Waals surface area contributed by atoms with Gasteiger partial charge in [-0.05, 0) is 61.1 Å². The highest BCUT2D eigenvalue weighted by Crippen LogP contribution is 2.41. The summed E-state index contributed by atoms with van der Waals surface area (Å²) < 4.78 is 44.2. The topological polar surface area (TPSA) is 77.9 Å². The minimum atomic E-state index is -4.32. The fraction of sp³-hybridized carbons (Fsp3) is 0.333. The molecule has 8 heteroatoms. The summed E-state index contributed by atoms with van der Waals surface area (Å²) in [7, 11) is 0. The van der Waals surface area contributed by atoms with E-state index in [0.717, 1.165) is 41.4 Å². The smallest absolute Gasteiger partial charge is 0.416 e. The van der Waals surface area contributed by atoms with Gasteiger partial charge in [0, 0.05) is 17.1 Å². The highest BCUT2D eigenvalue weighted by molar-refractivity contribution is 6.03. The number of hydrogen-bond acceptors (Lipinski definition) is 3. The first-order valence-electron chi connectivity index (χ1n) is 10.5. The van der Waals surface area contributed by atoms with Crippen LogP contribution in [-0.4, -0.2) is 17.0 Å². The number of anilines is 1. The van der Waals surface area contributed by atoms with Crippen molar-refractivity contribution >= 4 is 22.5 Å². The predicted molar refractivity (Wildman–Crippen MR) is 112 cm³/mol. The van der Waals surface area contributed by atoms with Gasteiger partial charge >= 0.3 is 6.18 Å². The number of fused-ring (bicyclic) bond motifs is 1. The molecular formula is C24H20F3N3O2. The molecular weight excluding hydrogens is 419 g/mol. The number of H-pyrrole nitrogens is 1. The van der Waals surface area contributed by atoms with Crippen molar-refractivity contribution in [2.75, 3.05) is 5.32 Å². The molecule has 1 aromatic heterocycles. The number of hydrogen-bond donors (Lipinski definition) is 2. The van der Waals surface area contributed by atoms with Crippen LogP contribution in [0.25, 0.3) is 10.9 Å². The number of nitriles is 1. The average molecular weight is 439 g/mol. The van der Waals surface area contributed by atoms with E-state index in [-0.39, 0.29) is 29.8 Å². The van der Waals surface area contributed by atoms with Crippen LogP contribution in [0, 0.1) is 23.2 Å². The number of rotatable bonds is 5. The Morgan fingerprint density at radius 2 is 1.88 bits per heavy atom. The van der Waals surface area contributed by atoms with Crippen LogP contribution in [-0.2, 0) is 11.0 Å². The number of carbonyl (C=O) groups is 1. The standard InChI is InChI=1S/C24H20F3N3O2/c25-24(26,27)16-3-1-13(2-4-16)14-7-18(8-14)32-17-5-6-21-20(10-17)22(12-29-21)30-23(31)19-9-15(19)11-28/h1-6,10,12,14-15,18-19,29H,7-9H2,(H,30,31)/t14?,15-,18?,19+/m1/s1. The molecule has 0 unspecified atom stereocenters. The van der Waals surface area contributed by atoms with Crippen LogP contribution in [0.15, 0.2) is 48.7 Å². The van der Waals surface area contributed by atoms with Crippen LogP contribution in [0.4, 0.5) is 18.9 Å². The van der Waals surface area contributed by atoms with Gasteiger partial charge in [0.2, 0.25) is 5.91 Å². The van der Waals surface area contributed by atoms with Gasteiger partial charge < -0.3 is 15.0 Å². The highest BCUT2D eigenvalue weighted by Gasteiger charge is 2.43. The third kappa shape index (κ3) is 3.91. The van der Waals surface area contributed by atoms with E-state index >= 15 is 0 Å². The number of nitrogens with one attached hydrogen (secondary N) is 2. The van der Waals surface area contributed by atoms with E-state index in [4.69, 9.17) is 10.00 Å². The SMILES string of the molecule is N#C[C@H]1C[C@@H]1C(=O)Nc1c[nH]c2ccc(OC3CC(c4ccc(C(F)(F)F)cc4)C3)cc12. The fourth-order valence-electron chi connectivity index (χ4n) is 4.20. The largest absolute Gasteiger partial charge is 0.490 e. The number of carbonyl (C=O) groups excluding carboxylic acids is 1. The molecule has 1 amide bonds. The molecule has 0 aliphatic heterocycles. The zero-order valence-electron chi connectivity index (χ0n) is 16.9. The Morgan fingerprint density at radius 1 is 1.12 bits per heavy atom. The number of aromatic nitrogens is 1. The van der Waals surface area contributed by atoms with Crippen molar-refractivity contribution in [3.8, 4) is 11.8 Å². The van der Waals surface area contributed by atoms with Crippen molar-refractivity contribution in [1.82, 2.24) is 4.98 Å². The zero-order chi connectivity index (χ0) is 22.5. The third-order valence-electron chi connectivity index (χ3n) is 6.31. The Bertz CT molecular complexity index is 1200. The molecule has 32 heavy (non-hydrogen) atoms. The lowest BCUT2D eigenvalue weighted by Gasteiger charge is -2.35. The van der Waals surface area contributed by atoms with Crippen LogP contribution < -0.4 is 10.1 Å². The highest BCUT2D eigenvalue weighted by atomic mass is 19.4. The molecule has 3 aromatic rings. The second-order valence-corrected chi connectivity index (χ2v) is 8.50. The summed E-state index contributed by atoms with van der Waals surface area (Å²) in [4.78, 5) is 15.4. The third-order valence-corrected chi connectivity index (χ3v) is 6.31. The molecule has 2 aromatic carbocycles. The lowest BCUT2D eigenvalue weighted by molar-refractivity contribution is -0.137. The van der Waals surface area contributed by atoms with E-state index in [0.29, 0.717) is 17.9 Å². The first-order valence-corrected chi connectivity index (χ1v) is 10.5. The van der Waals surface area contributed by atoms with Crippen molar-refractivity contribution in [3.05, 3.63) is 59.8 Å². The van der Waals surface area contributed by atoms with Crippen molar-refractivity contribution in [2.24, 2.45) is 11.8 Å². The molecule has 0 spiro atoms. The number of ether oxygens (including phenoxy) is 1. The van der Waals surface area contributed by atoms with Gasteiger partial charge in [-0.25, -0.2) is 0 Å². The lowest BCUT2D eigenvalue weighted by atomic mass is 9.77. The van der Waals surface area contributed by atoms with E-state index in [1.807, 2.05) is 18.2 Å². The summed E-state index contributed by atoms with van der Waals surface area (Å²) in [6.45, 7) is 0. The van der Waals surface area contributed by atoms with Gasteiger partial charge in [0.05, 0.1) is 35.3 Å². The second-order valence-electron chi connectivity index (χ2n) is 8.50. The maximum Gasteiger partial charge on any atom is 0.416 e. The van der Waals surface area contributed by atoms with Gasteiger partial charge in [-0.3, -0.25) is 4.79 Å². The first kappa shape index (κ1) is 20.4. The van der Waals surface area contributed by atoms with Crippen molar-refractivity contribution in [3.63, 3.8) is 0 Å². The Hall–Kier alpha value is -3.47. The summed E-state index contributed by atoms with van der Waals surface area (Å²) in [5, 5.41) is 12.6. The van der Waals surface area contributed by atoms with E-state index < -0.39 is 11.7 Å². The molecule has 0 bridgehead atoms. The maximum atomic E-state index is 12.7. The molecule has 1 heterocycles. The number of aromatic amines is 1. The molecule has 0 saturated heterocycles. The number of alkyl halides is 3. The molecule has 2 fully saturated rings. The summed E-state index contributed by atoms with van der Waals surface area (Å²) in [6.07, 6.45) is -0.551. The van der Waals surface area contributed by atoms with Gasteiger partial charge in [-0.15, -0.1) is 0 Å². The molecule has 5 rings (SSSR count). The van der Waals surface area contributed by atoms with Gasteiger partial charge in [0.1, 0.15) is 5.75 Å². The van der Waals surface area contributed by atoms with Crippen molar-refractivity contribution < 1.29 is 22.7 Å². The number of amides is 1. The maximum absolute atomic E-state index is 12.7.